The van der Waals surface area contributed by atoms with Gasteiger partial charge in [0, 0.05) is 42.9 Å². The van der Waals surface area contributed by atoms with Gasteiger partial charge in [-0.15, -0.1) is 0 Å². The molecule has 3 aromatic rings. The van der Waals surface area contributed by atoms with Gasteiger partial charge in [0.1, 0.15) is 5.82 Å². The Bertz CT molecular complexity index is 859. The molecule has 0 bridgehead atoms. The molecule has 110 valence electrons. The Hall–Kier alpha value is -2.75. The summed E-state index contributed by atoms with van der Waals surface area (Å²) in [6.07, 6.45) is 1.67. The molecule has 22 heavy (non-hydrogen) atoms. The van der Waals surface area contributed by atoms with Gasteiger partial charge in [0.05, 0.1) is 5.52 Å². The molecule has 1 heterocycles. The number of carbonyl (C=O) groups excluding carboxylic acids is 1. The Morgan fingerprint density at radius 1 is 1.09 bits per heavy atom. The van der Waals surface area contributed by atoms with Crippen molar-refractivity contribution in [3.05, 3.63) is 66.1 Å². The quantitative estimate of drug-likeness (QED) is 0.721. The van der Waals surface area contributed by atoms with E-state index in [1.807, 2.05) is 24.3 Å². The summed E-state index contributed by atoms with van der Waals surface area (Å²) < 4.78 is 13.2. The van der Waals surface area contributed by atoms with Crippen molar-refractivity contribution in [3.8, 4) is 11.1 Å². The summed E-state index contributed by atoms with van der Waals surface area (Å²) in [4.78, 5) is 18.1. The number of fused-ring (bicyclic) bond motifs is 1. The van der Waals surface area contributed by atoms with Gasteiger partial charge in [-0.25, -0.2) is 4.39 Å². The van der Waals surface area contributed by atoms with Crippen LogP contribution in [-0.2, 0) is 0 Å². The average Bonchev–Trinajstić information content (AvgIpc) is 2.53. The van der Waals surface area contributed by atoms with Crippen molar-refractivity contribution in [1.29, 1.82) is 0 Å². The van der Waals surface area contributed by atoms with Gasteiger partial charge in [-0.2, -0.15) is 0 Å². The third-order valence-electron chi connectivity index (χ3n) is 3.52. The maximum absolute atomic E-state index is 13.2. The van der Waals surface area contributed by atoms with Gasteiger partial charge in [0.25, 0.3) is 5.91 Å². The molecule has 0 atom stereocenters. The van der Waals surface area contributed by atoms with Gasteiger partial charge in [0.2, 0.25) is 0 Å². The molecule has 0 unspecified atom stereocenters. The molecule has 3 rings (SSSR count). The zero-order valence-corrected chi connectivity index (χ0v) is 12.4. The Kier molecular flexibility index (Phi) is 3.59. The number of carbonyl (C=O) groups is 1. The zero-order chi connectivity index (χ0) is 15.7. The highest BCUT2D eigenvalue weighted by molar-refractivity contribution is 6.01. The summed E-state index contributed by atoms with van der Waals surface area (Å²) in [7, 11) is 3.45. The highest BCUT2D eigenvalue weighted by atomic mass is 19.1. The fourth-order valence-electron chi connectivity index (χ4n) is 2.40. The fraction of sp³-hybridized carbons (Fsp3) is 0.111. The molecule has 0 aliphatic rings. The molecule has 0 saturated heterocycles. The minimum absolute atomic E-state index is 0.0604. The first-order valence-corrected chi connectivity index (χ1v) is 6.92. The van der Waals surface area contributed by atoms with Crippen LogP contribution in [0, 0.1) is 5.82 Å². The summed E-state index contributed by atoms with van der Waals surface area (Å²) in [5.41, 5.74) is 2.88. The van der Waals surface area contributed by atoms with E-state index in [0.29, 0.717) is 11.1 Å². The second-order valence-corrected chi connectivity index (χ2v) is 5.31. The van der Waals surface area contributed by atoms with Crippen LogP contribution in [0.5, 0.6) is 0 Å². The first-order valence-electron chi connectivity index (χ1n) is 6.92. The number of aromatic nitrogens is 1. The third-order valence-corrected chi connectivity index (χ3v) is 3.52. The highest BCUT2D eigenvalue weighted by Crippen LogP contribution is 2.26. The van der Waals surface area contributed by atoms with Crippen molar-refractivity contribution < 1.29 is 9.18 Å². The van der Waals surface area contributed by atoms with E-state index < -0.39 is 0 Å². The van der Waals surface area contributed by atoms with Gasteiger partial charge >= 0.3 is 0 Å². The van der Waals surface area contributed by atoms with Gasteiger partial charge in [-0.3, -0.25) is 9.78 Å². The van der Waals surface area contributed by atoms with Crippen molar-refractivity contribution in [2.24, 2.45) is 0 Å². The monoisotopic (exact) mass is 294 g/mol. The van der Waals surface area contributed by atoms with Crippen LogP contribution >= 0.6 is 0 Å². The van der Waals surface area contributed by atoms with E-state index in [-0.39, 0.29) is 11.7 Å². The topological polar surface area (TPSA) is 33.2 Å². The van der Waals surface area contributed by atoms with Gasteiger partial charge in [0.15, 0.2) is 0 Å². The third kappa shape index (κ3) is 2.55. The minimum atomic E-state index is -0.309. The van der Waals surface area contributed by atoms with Gasteiger partial charge < -0.3 is 4.90 Å². The van der Waals surface area contributed by atoms with E-state index in [9.17, 15) is 9.18 Å². The van der Waals surface area contributed by atoms with Gasteiger partial charge in [-0.1, -0.05) is 18.2 Å². The van der Waals surface area contributed by atoms with Crippen LogP contribution in [0.15, 0.2) is 54.7 Å². The first-order chi connectivity index (χ1) is 10.6. The van der Waals surface area contributed by atoms with E-state index >= 15 is 0 Å². The van der Waals surface area contributed by atoms with Crippen LogP contribution < -0.4 is 0 Å². The number of hydrogen-bond donors (Lipinski definition) is 0. The number of pyridine rings is 1. The average molecular weight is 294 g/mol. The molecular weight excluding hydrogens is 279 g/mol. The van der Waals surface area contributed by atoms with Crippen molar-refractivity contribution in [3.63, 3.8) is 0 Å². The largest absolute Gasteiger partial charge is 0.345 e. The SMILES string of the molecule is CN(C)C(=O)c1ccccc1-c1cnc2cc(F)ccc2c1. The Labute approximate surface area is 128 Å². The lowest BCUT2D eigenvalue weighted by Gasteiger charge is -2.14. The molecule has 3 nitrogen and oxygen atoms in total. The molecule has 0 aliphatic heterocycles. The van der Waals surface area contributed by atoms with E-state index in [4.69, 9.17) is 0 Å². The fourth-order valence-corrected chi connectivity index (χ4v) is 2.40. The lowest BCUT2D eigenvalue weighted by molar-refractivity contribution is 0.0828. The van der Waals surface area contributed by atoms with Crippen LogP contribution in [0.3, 0.4) is 0 Å². The number of amides is 1. The van der Waals surface area contributed by atoms with Crippen molar-refractivity contribution >= 4 is 16.8 Å². The Morgan fingerprint density at radius 2 is 1.86 bits per heavy atom. The Balaban J connectivity index is 2.15. The minimum Gasteiger partial charge on any atom is -0.345 e. The Morgan fingerprint density at radius 3 is 2.64 bits per heavy atom. The second-order valence-electron chi connectivity index (χ2n) is 5.31. The predicted molar refractivity (Wildman–Crippen MR) is 85.2 cm³/mol. The summed E-state index contributed by atoms with van der Waals surface area (Å²) in [6.45, 7) is 0. The summed E-state index contributed by atoms with van der Waals surface area (Å²) in [5.74, 6) is -0.370. The second kappa shape index (κ2) is 5.56. The smallest absolute Gasteiger partial charge is 0.253 e. The zero-order valence-electron chi connectivity index (χ0n) is 12.4. The number of halogens is 1. The molecule has 1 amide bonds. The molecule has 0 aliphatic carbocycles. The number of nitrogens with zero attached hydrogens (tertiary/aromatic N) is 2. The molecule has 0 fully saturated rings. The summed E-state index contributed by atoms with van der Waals surface area (Å²) >= 11 is 0. The standard InChI is InChI=1S/C18H15FN2O/c1-21(2)18(22)16-6-4-3-5-15(16)13-9-12-7-8-14(19)10-17(12)20-11-13/h3-11H,1-2H3. The van der Waals surface area contributed by atoms with Crippen molar-refractivity contribution in [2.75, 3.05) is 14.1 Å². The molecule has 0 saturated carbocycles. The van der Waals surface area contributed by atoms with E-state index in [0.717, 1.165) is 16.5 Å². The summed E-state index contributed by atoms with van der Waals surface area (Å²) in [5, 5.41) is 0.839. The van der Waals surface area contributed by atoms with Gasteiger partial charge in [-0.05, 0) is 29.8 Å². The van der Waals surface area contributed by atoms with Crippen LogP contribution in [0.1, 0.15) is 10.4 Å². The van der Waals surface area contributed by atoms with Crippen LogP contribution in [0.4, 0.5) is 4.39 Å². The van der Waals surface area contributed by atoms with Crippen LogP contribution in [0.25, 0.3) is 22.0 Å². The lowest BCUT2D eigenvalue weighted by atomic mass is 9.99. The molecule has 4 heteroatoms. The number of rotatable bonds is 2. The molecule has 1 aromatic heterocycles. The molecule has 0 radical (unpaired) electrons. The molecular formula is C18H15FN2O. The lowest BCUT2D eigenvalue weighted by Crippen LogP contribution is -2.22. The maximum atomic E-state index is 13.2. The van der Waals surface area contributed by atoms with E-state index in [1.54, 1.807) is 37.3 Å². The highest BCUT2D eigenvalue weighted by Gasteiger charge is 2.14. The van der Waals surface area contributed by atoms with E-state index in [1.165, 1.54) is 12.1 Å². The molecule has 2 aromatic carbocycles. The first kappa shape index (κ1) is 14.2. The van der Waals surface area contributed by atoms with Crippen LogP contribution in [-0.4, -0.2) is 29.9 Å². The van der Waals surface area contributed by atoms with E-state index in [2.05, 4.69) is 4.98 Å². The molecule has 0 N–H and O–H groups in total. The van der Waals surface area contributed by atoms with Crippen molar-refractivity contribution in [1.82, 2.24) is 9.88 Å². The van der Waals surface area contributed by atoms with Crippen LogP contribution in [0.2, 0.25) is 0 Å². The maximum Gasteiger partial charge on any atom is 0.253 e. The van der Waals surface area contributed by atoms with Crippen molar-refractivity contribution in [2.45, 2.75) is 0 Å². The predicted octanol–water partition coefficient (Wildman–Crippen LogP) is 3.74. The molecule has 0 spiro atoms. The number of hydrogen-bond acceptors (Lipinski definition) is 2. The number of benzene rings is 2. The normalized spacial score (nSPS) is 10.7. The summed E-state index contributed by atoms with van der Waals surface area (Å²) in [6, 6.07) is 13.8.